The molecule has 0 saturated carbocycles. The van der Waals surface area contributed by atoms with Crippen molar-refractivity contribution < 1.29 is 27.4 Å². The van der Waals surface area contributed by atoms with Gasteiger partial charge in [-0.05, 0) is 33.8 Å². The number of halogens is 3. The predicted molar refractivity (Wildman–Crippen MR) is 137 cm³/mol. The maximum absolute atomic E-state index is 14.8. The van der Waals surface area contributed by atoms with Crippen molar-refractivity contribution in [2.24, 2.45) is 0 Å². The Morgan fingerprint density at radius 3 is 2.68 bits per heavy atom. The first kappa shape index (κ1) is 25.9. The van der Waals surface area contributed by atoms with Crippen LogP contribution in [0, 0.1) is 5.82 Å². The van der Waals surface area contributed by atoms with E-state index in [1.807, 2.05) is 32.9 Å². The predicted octanol–water partition coefficient (Wildman–Crippen LogP) is 5.70. The zero-order chi connectivity index (χ0) is 27.2. The lowest BCUT2D eigenvalue weighted by Gasteiger charge is -2.45. The van der Waals surface area contributed by atoms with Crippen LogP contribution in [0.3, 0.4) is 0 Å². The van der Waals surface area contributed by atoms with E-state index in [0.29, 0.717) is 48.7 Å². The van der Waals surface area contributed by atoms with E-state index in [4.69, 9.17) is 9.47 Å². The standard InChI is InChI=1S/C27H30F3N5O3/c1-15(17-6-5-7-18(23(17)28)24(29)30)33-25-19-10-21-22(11-20(19)31-14-32-25)37-13-16-12-34(8-9-35(16)21)26(36)38-27(2,3)4/h5-7,10-11,14-16,24H,8-9,12-13H2,1-4H3,(H,31,32,33)/t15-,16-/m1/s1. The molecular weight excluding hydrogens is 499 g/mol. The van der Waals surface area contributed by atoms with Crippen LogP contribution in [0.15, 0.2) is 36.7 Å². The molecule has 1 fully saturated rings. The largest absolute Gasteiger partial charge is 0.489 e. The molecule has 2 atom stereocenters. The molecule has 0 bridgehead atoms. The fourth-order valence-electron chi connectivity index (χ4n) is 4.88. The molecule has 3 aromatic rings. The second-order valence-corrected chi connectivity index (χ2v) is 10.6. The molecule has 0 radical (unpaired) electrons. The van der Waals surface area contributed by atoms with Crippen LogP contribution in [0.1, 0.15) is 51.3 Å². The number of nitrogens with one attached hydrogen (secondary N) is 1. The van der Waals surface area contributed by atoms with Crippen molar-refractivity contribution >= 4 is 28.5 Å². The van der Waals surface area contributed by atoms with Crippen LogP contribution in [0.25, 0.3) is 10.9 Å². The van der Waals surface area contributed by atoms with Gasteiger partial charge in [-0.3, -0.25) is 0 Å². The van der Waals surface area contributed by atoms with Crippen LogP contribution in [-0.2, 0) is 4.74 Å². The molecule has 1 amide bonds. The van der Waals surface area contributed by atoms with Gasteiger partial charge in [0, 0.05) is 36.7 Å². The van der Waals surface area contributed by atoms with E-state index in [1.165, 1.54) is 18.5 Å². The van der Waals surface area contributed by atoms with Gasteiger partial charge >= 0.3 is 6.09 Å². The second kappa shape index (κ2) is 9.85. The third-order valence-electron chi connectivity index (χ3n) is 6.70. The highest BCUT2D eigenvalue weighted by molar-refractivity contribution is 5.94. The minimum absolute atomic E-state index is 0.0626. The maximum Gasteiger partial charge on any atom is 0.410 e. The lowest BCUT2D eigenvalue weighted by molar-refractivity contribution is 0.0195. The van der Waals surface area contributed by atoms with E-state index in [-0.39, 0.29) is 17.7 Å². The van der Waals surface area contributed by atoms with Crippen molar-refractivity contribution in [3.63, 3.8) is 0 Å². The van der Waals surface area contributed by atoms with Crippen LogP contribution in [0.5, 0.6) is 5.75 Å². The molecular formula is C27H30F3N5O3. The minimum atomic E-state index is -2.91. The Bertz CT molecular complexity index is 1360. The number of aromatic nitrogens is 2. The minimum Gasteiger partial charge on any atom is -0.489 e. The third kappa shape index (κ3) is 5.01. The van der Waals surface area contributed by atoms with E-state index in [9.17, 15) is 18.0 Å². The number of hydrogen-bond donors (Lipinski definition) is 1. The van der Waals surface area contributed by atoms with E-state index in [1.54, 1.807) is 11.8 Å². The summed E-state index contributed by atoms with van der Waals surface area (Å²) in [5.41, 5.74) is 0.378. The average molecular weight is 530 g/mol. The maximum atomic E-state index is 14.8. The molecule has 8 nitrogen and oxygen atoms in total. The Morgan fingerprint density at radius 2 is 1.95 bits per heavy atom. The second-order valence-electron chi connectivity index (χ2n) is 10.6. The van der Waals surface area contributed by atoms with Crippen molar-refractivity contribution in [2.75, 3.05) is 36.5 Å². The highest BCUT2D eigenvalue weighted by atomic mass is 19.3. The number of carbonyl (C=O) groups excluding carboxylic acids is 1. The van der Waals surface area contributed by atoms with E-state index in [0.717, 1.165) is 11.8 Å². The zero-order valence-corrected chi connectivity index (χ0v) is 21.7. The molecule has 202 valence electrons. The van der Waals surface area contributed by atoms with E-state index < -0.39 is 29.4 Å². The Labute approximate surface area is 218 Å². The van der Waals surface area contributed by atoms with Crippen LogP contribution in [-0.4, -0.2) is 58.8 Å². The van der Waals surface area contributed by atoms with Crippen molar-refractivity contribution in [1.82, 2.24) is 14.9 Å². The smallest absolute Gasteiger partial charge is 0.410 e. The Kier molecular flexibility index (Phi) is 6.70. The van der Waals surface area contributed by atoms with Gasteiger partial charge < -0.3 is 24.6 Å². The SMILES string of the molecule is C[C@@H](Nc1ncnc2cc3c(cc12)N1CCN(C(=O)OC(C)(C)C)C[C@@H]1CO3)c1cccc(C(F)F)c1F. The summed E-state index contributed by atoms with van der Waals surface area (Å²) in [5.74, 6) is 0.187. The van der Waals surface area contributed by atoms with Crippen LogP contribution in [0.2, 0.25) is 0 Å². The summed E-state index contributed by atoms with van der Waals surface area (Å²) >= 11 is 0. The van der Waals surface area contributed by atoms with E-state index >= 15 is 0 Å². The number of piperazine rings is 1. The van der Waals surface area contributed by atoms with Crippen LogP contribution >= 0.6 is 0 Å². The summed E-state index contributed by atoms with van der Waals surface area (Å²) in [4.78, 5) is 25.2. The number of rotatable bonds is 4. The molecule has 0 unspecified atom stereocenters. The quantitative estimate of drug-likeness (QED) is 0.465. The van der Waals surface area contributed by atoms with Crippen molar-refractivity contribution in [3.8, 4) is 5.75 Å². The molecule has 0 spiro atoms. The molecule has 2 aliphatic rings. The molecule has 1 aromatic heterocycles. The summed E-state index contributed by atoms with van der Waals surface area (Å²) in [5, 5.41) is 3.85. The molecule has 38 heavy (non-hydrogen) atoms. The Morgan fingerprint density at radius 1 is 1.18 bits per heavy atom. The lowest BCUT2D eigenvalue weighted by atomic mass is 10.0. The van der Waals surface area contributed by atoms with Gasteiger partial charge in [-0.2, -0.15) is 0 Å². The van der Waals surface area contributed by atoms with Gasteiger partial charge in [-0.25, -0.2) is 27.9 Å². The summed E-state index contributed by atoms with van der Waals surface area (Å²) in [6, 6.07) is 7.03. The van der Waals surface area contributed by atoms with Crippen LogP contribution < -0.4 is 15.0 Å². The molecule has 2 aliphatic heterocycles. The van der Waals surface area contributed by atoms with Crippen molar-refractivity contribution in [1.29, 1.82) is 0 Å². The van der Waals surface area contributed by atoms with Gasteiger partial charge in [0.2, 0.25) is 0 Å². The summed E-state index contributed by atoms with van der Waals surface area (Å²) in [6.45, 7) is 9.15. The molecule has 1 saturated heterocycles. The van der Waals surface area contributed by atoms with E-state index in [2.05, 4.69) is 20.2 Å². The molecule has 0 aliphatic carbocycles. The topological polar surface area (TPSA) is 79.8 Å². The number of carbonyl (C=O) groups is 1. The Hall–Kier alpha value is -3.76. The number of amides is 1. The van der Waals surface area contributed by atoms with Gasteiger partial charge in [0.25, 0.3) is 6.43 Å². The lowest BCUT2D eigenvalue weighted by Crippen LogP contribution is -2.59. The molecule has 3 heterocycles. The van der Waals surface area contributed by atoms with Gasteiger partial charge in [-0.15, -0.1) is 0 Å². The number of alkyl halides is 2. The first-order valence-electron chi connectivity index (χ1n) is 12.5. The number of fused-ring (bicyclic) bond motifs is 4. The monoisotopic (exact) mass is 529 g/mol. The molecule has 11 heteroatoms. The number of hydrogen-bond acceptors (Lipinski definition) is 7. The number of anilines is 2. The van der Waals surface area contributed by atoms with Crippen molar-refractivity contribution in [3.05, 3.63) is 53.6 Å². The fourth-order valence-corrected chi connectivity index (χ4v) is 4.88. The first-order valence-corrected chi connectivity index (χ1v) is 12.5. The van der Waals surface area contributed by atoms with Crippen LogP contribution in [0.4, 0.5) is 29.5 Å². The van der Waals surface area contributed by atoms with Gasteiger partial charge in [0.05, 0.1) is 28.9 Å². The molecule has 1 N–H and O–H groups in total. The molecule has 2 aromatic carbocycles. The highest BCUT2D eigenvalue weighted by Gasteiger charge is 2.36. The third-order valence-corrected chi connectivity index (χ3v) is 6.70. The number of benzene rings is 2. The summed E-state index contributed by atoms with van der Waals surface area (Å²) in [6.07, 6.45) is -1.86. The zero-order valence-electron chi connectivity index (χ0n) is 21.7. The number of nitrogens with zero attached hydrogens (tertiary/aromatic N) is 4. The summed E-state index contributed by atoms with van der Waals surface area (Å²) < 4.78 is 52.8. The van der Waals surface area contributed by atoms with Crippen molar-refractivity contribution in [2.45, 2.75) is 51.8 Å². The molecule has 5 rings (SSSR count). The first-order chi connectivity index (χ1) is 18.0. The number of ether oxygens (including phenoxy) is 2. The Balaban J connectivity index is 1.41. The summed E-state index contributed by atoms with van der Waals surface area (Å²) in [7, 11) is 0. The fraction of sp³-hybridized carbons (Fsp3) is 0.444. The normalized spacial score (nSPS) is 18.1. The van der Waals surface area contributed by atoms with Gasteiger partial charge in [-0.1, -0.05) is 18.2 Å². The average Bonchev–Trinajstić information content (AvgIpc) is 2.86. The highest BCUT2D eigenvalue weighted by Crippen LogP contribution is 2.40. The van der Waals surface area contributed by atoms with Gasteiger partial charge in [0.1, 0.15) is 35.9 Å². The van der Waals surface area contributed by atoms with Gasteiger partial charge in [0.15, 0.2) is 0 Å².